The number of rotatable bonds is 2. The molecule has 1 aromatic rings. The monoisotopic (exact) mass is 141 g/mol. The summed E-state index contributed by atoms with van der Waals surface area (Å²) >= 11 is 0. The predicted molar refractivity (Wildman–Crippen MR) is 34.1 cm³/mol. The van der Waals surface area contributed by atoms with Gasteiger partial charge in [-0.05, 0) is 13.0 Å². The second-order valence-corrected chi connectivity index (χ2v) is 1.99. The lowest BCUT2D eigenvalue weighted by Gasteiger charge is -1.88. The molecule has 0 aliphatic carbocycles. The quantitative estimate of drug-likeness (QED) is 0.461. The first-order valence-corrected chi connectivity index (χ1v) is 2.85. The van der Waals surface area contributed by atoms with Crippen molar-refractivity contribution in [1.82, 2.24) is 0 Å². The van der Waals surface area contributed by atoms with E-state index in [0.29, 0.717) is 11.3 Å². The van der Waals surface area contributed by atoms with Crippen LogP contribution in [0.25, 0.3) is 0 Å². The lowest BCUT2D eigenvalue weighted by atomic mass is 10.3. The fourth-order valence-corrected chi connectivity index (χ4v) is 0.714. The maximum Gasteiger partial charge on any atom is 0.232 e. The Balaban J connectivity index is 2.74. The van der Waals surface area contributed by atoms with Crippen LogP contribution in [0.3, 0.4) is 0 Å². The molecule has 1 aromatic heterocycles. The molecule has 4 heteroatoms. The van der Waals surface area contributed by atoms with Crippen LogP contribution >= 0.6 is 0 Å². The molecule has 0 N–H and O–H groups in total. The SMILES string of the molecule is Cc1occc1C[N+](=O)[O-]. The summed E-state index contributed by atoms with van der Waals surface area (Å²) in [5, 5.41) is 9.98. The minimum atomic E-state index is -0.377. The largest absolute Gasteiger partial charge is 0.469 e. The lowest BCUT2D eigenvalue weighted by molar-refractivity contribution is -0.497. The van der Waals surface area contributed by atoms with Crippen LogP contribution in [0.1, 0.15) is 11.3 Å². The van der Waals surface area contributed by atoms with Crippen molar-refractivity contribution in [3.05, 3.63) is 33.8 Å². The number of hydrogen-bond acceptors (Lipinski definition) is 3. The molecule has 4 nitrogen and oxygen atoms in total. The maximum absolute atomic E-state index is 9.98. The minimum Gasteiger partial charge on any atom is -0.469 e. The Morgan fingerprint density at radius 2 is 2.50 bits per heavy atom. The molecule has 0 bridgehead atoms. The van der Waals surface area contributed by atoms with E-state index in [4.69, 9.17) is 4.42 Å². The van der Waals surface area contributed by atoms with Crippen molar-refractivity contribution in [3.8, 4) is 0 Å². The van der Waals surface area contributed by atoms with Crippen molar-refractivity contribution in [2.24, 2.45) is 0 Å². The Hall–Kier alpha value is -1.32. The Morgan fingerprint density at radius 1 is 1.80 bits per heavy atom. The first-order chi connectivity index (χ1) is 4.70. The van der Waals surface area contributed by atoms with Crippen LogP contribution in [0.15, 0.2) is 16.7 Å². The van der Waals surface area contributed by atoms with Crippen molar-refractivity contribution in [1.29, 1.82) is 0 Å². The normalized spacial score (nSPS) is 9.70. The molecule has 0 radical (unpaired) electrons. The average Bonchev–Trinajstić information content (AvgIpc) is 2.15. The van der Waals surface area contributed by atoms with E-state index in [1.165, 1.54) is 6.26 Å². The van der Waals surface area contributed by atoms with E-state index in [1.807, 2.05) is 0 Å². The smallest absolute Gasteiger partial charge is 0.232 e. The summed E-state index contributed by atoms with van der Waals surface area (Å²) in [6, 6.07) is 1.61. The molecule has 54 valence electrons. The summed E-state index contributed by atoms with van der Waals surface area (Å²) in [4.78, 5) is 9.61. The fraction of sp³-hybridized carbons (Fsp3) is 0.333. The molecule has 0 amide bonds. The summed E-state index contributed by atoms with van der Waals surface area (Å²) in [6.07, 6.45) is 1.45. The van der Waals surface area contributed by atoms with E-state index < -0.39 is 0 Å². The van der Waals surface area contributed by atoms with Crippen LogP contribution in [0.4, 0.5) is 0 Å². The van der Waals surface area contributed by atoms with Gasteiger partial charge in [-0.15, -0.1) is 0 Å². The maximum atomic E-state index is 9.98. The molecular weight excluding hydrogens is 134 g/mol. The number of nitro groups is 1. The number of aryl methyl sites for hydroxylation is 1. The van der Waals surface area contributed by atoms with Gasteiger partial charge in [0.05, 0.1) is 11.8 Å². The molecule has 0 aliphatic heterocycles. The van der Waals surface area contributed by atoms with Gasteiger partial charge in [-0.25, -0.2) is 0 Å². The first kappa shape index (κ1) is 6.80. The van der Waals surface area contributed by atoms with Gasteiger partial charge in [-0.3, -0.25) is 10.1 Å². The van der Waals surface area contributed by atoms with Gasteiger partial charge in [0.2, 0.25) is 6.54 Å². The molecule has 1 rings (SSSR count). The van der Waals surface area contributed by atoms with Crippen molar-refractivity contribution < 1.29 is 9.34 Å². The van der Waals surface area contributed by atoms with Crippen molar-refractivity contribution in [2.45, 2.75) is 13.5 Å². The molecule has 0 unspecified atom stereocenters. The summed E-state index contributed by atoms with van der Waals surface area (Å²) in [5.74, 6) is 0.622. The van der Waals surface area contributed by atoms with E-state index >= 15 is 0 Å². The predicted octanol–water partition coefficient (Wildman–Crippen LogP) is 1.36. The molecule has 0 aliphatic rings. The van der Waals surface area contributed by atoms with Gasteiger partial charge in [0.15, 0.2) is 0 Å². The van der Waals surface area contributed by atoms with Crippen LogP contribution in [-0.2, 0) is 6.54 Å². The Morgan fingerprint density at radius 3 is 2.90 bits per heavy atom. The summed E-state index contributed by atoms with van der Waals surface area (Å²) in [5.41, 5.74) is 0.644. The Kier molecular flexibility index (Phi) is 1.71. The van der Waals surface area contributed by atoms with Crippen LogP contribution < -0.4 is 0 Å². The van der Waals surface area contributed by atoms with Gasteiger partial charge in [-0.1, -0.05) is 0 Å². The van der Waals surface area contributed by atoms with Gasteiger partial charge in [0, 0.05) is 4.92 Å². The zero-order valence-corrected chi connectivity index (χ0v) is 5.53. The molecule has 10 heavy (non-hydrogen) atoms. The summed E-state index contributed by atoms with van der Waals surface area (Å²) < 4.78 is 4.86. The van der Waals surface area contributed by atoms with Gasteiger partial charge in [0.25, 0.3) is 0 Å². The molecule has 0 aromatic carbocycles. The second-order valence-electron chi connectivity index (χ2n) is 1.99. The molecule has 0 atom stereocenters. The topological polar surface area (TPSA) is 56.3 Å². The lowest BCUT2D eigenvalue weighted by Crippen LogP contribution is -1.97. The summed E-state index contributed by atoms with van der Waals surface area (Å²) in [6.45, 7) is 1.56. The van der Waals surface area contributed by atoms with Crippen LogP contribution in [0, 0.1) is 17.0 Å². The van der Waals surface area contributed by atoms with Crippen molar-refractivity contribution in [3.63, 3.8) is 0 Å². The van der Waals surface area contributed by atoms with E-state index in [-0.39, 0.29) is 11.5 Å². The molecule has 0 spiro atoms. The molecular formula is C6H7NO3. The highest BCUT2D eigenvalue weighted by atomic mass is 16.6. The third-order valence-electron chi connectivity index (χ3n) is 1.27. The van der Waals surface area contributed by atoms with Crippen LogP contribution in [0.5, 0.6) is 0 Å². The highest BCUT2D eigenvalue weighted by Gasteiger charge is 2.06. The standard InChI is InChI=1S/C6H7NO3/c1-5-6(2-3-10-5)4-7(8)9/h2-3H,4H2,1H3. The van der Waals surface area contributed by atoms with Crippen molar-refractivity contribution >= 4 is 0 Å². The zero-order valence-electron chi connectivity index (χ0n) is 5.53. The fourth-order valence-electron chi connectivity index (χ4n) is 0.714. The van der Waals surface area contributed by atoms with Gasteiger partial charge < -0.3 is 4.42 Å². The molecule has 0 saturated carbocycles. The van der Waals surface area contributed by atoms with Crippen molar-refractivity contribution in [2.75, 3.05) is 0 Å². The van der Waals surface area contributed by atoms with Gasteiger partial charge in [0.1, 0.15) is 5.76 Å². The number of hydrogen-bond donors (Lipinski definition) is 0. The molecule has 0 saturated heterocycles. The Labute approximate surface area is 57.6 Å². The van der Waals surface area contributed by atoms with E-state index in [9.17, 15) is 10.1 Å². The number of furan rings is 1. The highest BCUT2D eigenvalue weighted by molar-refractivity contribution is 5.13. The molecule has 0 fully saturated rings. The zero-order chi connectivity index (χ0) is 7.56. The Bertz CT molecular complexity index is 241. The minimum absolute atomic E-state index is 0.150. The average molecular weight is 141 g/mol. The molecule has 1 heterocycles. The van der Waals surface area contributed by atoms with Gasteiger partial charge >= 0.3 is 0 Å². The summed E-state index contributed by atoms with van der Waals surface area (Å²) in [7, 11) is 0. The first-order valence-electron chi connectivity index (χ1n) is 2.85. The van der Waals surface area contributed by atoms with E-state index in [1.54, 1.807) is 13.0 Å². The second kappa shape index (κ2) is 2.51. The van der Waals surface area contributed by atoms with E-state index in [2.05, 4.69) is 0 Å². The number of nitrogens with zero attached hydrogens (tertiary/aromatic N) is 1. The van der Waals surface area contributed by atoms with E-state index in [0.717, 1.165) is 0 Å². The van der Waals surface area contributed by atoms with Gasteiger partial charge in [-0.2, -0.15) is 0 Å². The van der Waals surface area contributed by atoms with Crippen LogP contribution in [-0.4, -0.2) is 4.92 Å². The van der Waals surface area contributed by atoms with Crippen LogP contribution in [0.2, 0.25) is 0 Å². The highest BCUT2D eigenvalue weighted by Crippen LogP contribution is 2.08. The third kappa shape index (κ3) is 1.34. The third-order valence-corrected chi connectivity index (χ3v) is 1.27.